The lowest BCUT2D eigenvalue weighted by Crippen LogP contribution is -2.29. The number of benzene rings is 3. The van der Waals surface area contributed by atoms with Crippen molar-refractivity contribution < 1.29 is 4.79 Å². The van der Waals surface area contributed by atoms with Gasteiger partial charge in [-0.05, 0) is 36.8 Å². The first-order valence-electron chi connectivity index (χ1n) is 8.43. The van der Waals surface area contributed by atoms with E-state index in [1.807, 2.05) is 79.7 Å². The van der Waals surface area contributed by atoms with Crippen molar-refractivity contribution in [2.45, 2.75) is 13.5 Å². The van der Waals surface area contributed by atoms with E-state index in [1.54, 1.807) is 4.90 Å². The average molecular weight is 361 g/mol. The van der Waals surface area contributed by atoms with Crippen molar-refractivity contribution in [2.24, 2.45) is 4.99 Å². The molecule has 4 heteroatoms. The predicted molar refractivity (Wildman–Crippen MR) is 106 cm³/mol. The number of carbonyl (C=O) groups is 1. The first kappa shape index (κ1) is 16.6. The van der Waals surface area contributed by atoms with Crippen LogP contribution in [0.5, 0.6) is 0 Å². The summed E-state index contributed by atoms with van der Waals surface area (Å²) in [6.07, 6.45) is 0. The zero-order valence-corrected chi connectivity index (χ0v) is 15.1. The number of nitrogens with zero attached hydrogens (tertiary/aromatic N) is 2. The fourth-order valence-electron chi connectivity index (χ4n) is 3.07. The number of aliphatic imine (C=N–C) groups is 1. The Balaban J connectivity index is 1.75. The van der Waals surface area contributed by atoms with Crippen molar-refractivity contribution >= 4 is 34.6 Å². The van der Waals surface area contributed by atoms with Crippen LogP contribution < -0.4 is 4.90 Å². The molecule has 0 saturated heterocycles. The summed E-state index contributed by atoms with van der Waals surface area (Å²) in [6, 6.07) is 23.2. The molecule has 1 heterocycles. The summed E-state index contributed by atoms with van der Waals surface area (Å²) in [4.78, 5) is 19.5. The number of rotatable bonds is 3. The zero-order valence-electron chi connectivity index (χ0n) is 14.3. The molecule has 3 nitrogen and oxygen atoms in total. The molecule has 0 saturated carbocycles. The van der Waals surface area contributed by atoms with E-state index in [2.05, 4.69) is 4.99 Å². The highest BCUT2D eigenvalue weighted by Crippen LogP contribution is 2.33. The van der Waals surface area contributed by atoms with Gasteiger partial charge in [0.2, 0.25) is 0 Å². The molecule has 0 N–H and O–H groups in total. The van der Waals surface area contributed by atoms with Gasteiger partial charge in [-0.1, -0.05) is 65.7 Å². The highest BCUT2D eigenvalue weighted by atomic mass is 35.5. The van der Waals surface area contributed by atoms with Crippen LogP contribution in [0.1, 0.15) is 16.7 Å². The minimum atomic E-state index is -0.105. The van der Waals surface area contributed by atoms with Crippen LogP contribution in [-0.2, 0) is 11.3 Å². The monoisotopic (exact) mass is 360 g/mol. The third-order valence-corrected chi connectivity index (χ3v) is 4.83. The number of halogens is 1. The Morgan fingerprint density at radius 2 is 1.62 bits per heavy atom. The Morgan fingerprint density at radius 1 is 0.923 bits per heavy atom. The quantitative estimate of drug-likeness (QED) is 0.622. The van der Waals surface area contributed by atoms with Crippen LogP contribution in [0.25, 0.3) is 0 Å². The highest BCUT2D eigenvalue weighted by molar-refractivity contribution is 6.54. The normalized spacial score (nSPS) is 14.8. The van der Waals surface area contributed by atoms with Gasteiger partial charge in [0.05, 0.1) is 17.9 Å². The van der Waals surface area contributed by atoms with Gasteiger partial charge in [-0.3, -0.25) is 4.79 Å². The topological polar surface area (TPSA) is 32.7 Å². The van der Waals surface area contributed by atoms with Crippen LogP contribution in [0.4, 0.5) is 11.4 Å². The summed E-state index contributed by atoms with van der Waals surface area (Å²) in [6.45, 7) is 2.45. The Bertz CT molecular complexity index is 1010. The number of anilines is 1. The van der Waals surface area contributed by atoms with Crippen molar-refractivity contribution in [3.63, 3.8) is 0 Å². The molecule has 26 heavy (non-hydrogen) atoms. The van der Waals surface area contributed by atoms with Gasteiger partial charge in [0.1, 0.15) is 5.71 Å². The summed E-state index contributed by atoms with van der Waals surface area (Å²) in [7, 11) is 0. The largest absolute Gasteiger partial charge is 0.302 e. The fourth-order valence-corrected chi connectivity index (χ4v) is 3.27. The third-order valence-electron chi connectivity index (χ3n) is 4.46. The van der Waals surface area contributed by atoms with Gasteiger partial charge in [-0.2, -0.15) is 0 Å². The summed E-state index contributed by atoms with van der Waals surface area (Å²) in [5.74, 6) is -0.105. The van der Waals surface area contributed by atoms with Crippen LogP contribution in [0, 0.1) is 6.92 Å². The van der Waals surface area contributed by atoms with Gasteiger partial charge in [0, 0.05) is 10.6 Å². The number of carbonyl (C=O) groups excluding carboxylic acids is 1. The average Bonchev–Trinajstić information content (AvgIpc) is 2.91. The van der Waals surface area contributed by atoms with E-state index in [4.69, 9.17) is 11.6 Å². The van der Waals surface area contributed by atoms with Crippen molar-refractivity contribution in [3.05, 3.63) is 94.5 Å². The maximum absolute atomic E-state index is 13.1. The lowest BCUT2D eigenvalue weighted by Gasteiger charge is -2.17. The first-order valence-corrected chi connectivity index (χ1v) is 8.81. The molecule has 0 radical (unpaired) electrons. The van der Waals surface area contributed by atoms with Gasteiger partial charge in [-0.15, -0.1) is 0 Å². The molecule has 0 spiro atoms. The molecule has 1 aliphatic rings. The molecule has 3 aromatic rings. The molecule has 0 aromatic heterocycles. The van der Waals surface area contributed by atoms with Crippen LogP contribution in [0.3, 0.4) is 0 Å². The van der Waals surface area contributed by atoms with E-state index in [9.17, 15) is 4.79 Å². The lowest BCUT2D eigenvalue weighted by molar-refractivity contribution is -0.112. The minimum absolute atomic E-state index is 0.105. The van der Waals surface area contributed by atoms with E-state index < -0.39 is 0 Å². The number of para-hydroxylation sites is 1. The van der Waals surface area contributed by atoms with Gasteiger partial charge >= 0.3 is 0 Å². The van der Waals surface area contributed by atoms with E-state index in [0.717, 1.165) is 28.1 Å². The Kier molecular flexibility index (Phi) is 4.31. The van der Waals surface area contributed by atoms with Gasteiger partial charge in [0.15, 0.2) is 0 Å². The molecular formula is C22H17ClN2O. The number of amides is 1. The van der Waals surface area contributed by atoms with Crippen molar-refractivity contribution in [1.82, 2.24) is 0 Å². The molecule has 4 rings (SSSR count). The summed E-state index contributed by atoms with van der Waals surface area (Å²) < 4.78 is 0. The van der Waals surface area contributed by atoms with E-state index in [1.165, 1.54) is 0 Å². The third kappa shape index (κ3) is 3.02. The second-order valence-corrected chi connectivity index (χ2v) is 6.70. The first-order chi connectivity index (χ1) is 12.6. The van der Waals surface area contributed by atoms with E-state index in [0.29, 0.717) is 17.3 Å². The van der Waals surface area contributed by atoms with E-state index >= 15 is 0 Å². The molecule has 0 fully saturated rings. The fraction of sp³-hybridized carbons (Fsp3) is 0.0909. The Morgan fingerprint density at radius 3 is 2.38 bits per heavy atom. The van der Waals surface area contributed by atoms with Crippen molar-refractivity contribution in [2.75, 3.05) is 4.90 Å². The van der Waals surface area contributed by atoms with Crippen molar-refractivity contribution in [3.8, 4) is 0 Å². The van der Waals surface area contributed by atoms with Crippen LogP contribution in [0.2, 0.25) is 5.02 Å². The van der Waals surface area contributed by atoms with Gasteiger partial charge in [-0.25, -0.2) is 4.99 Å². The smallest absolute Gasteiger partial charge is 0.277 e. The second kappa shape index (κ2) is 6.77. The molecule has 0 atom stereocenters. The molecule has 0 bridgehead atoms. The molecule has 128 valence electrons. The number of hydrogen-bond acceptors (Lipinski definition) is 2. The molecule has 1 aliphatic heterocycles. The Labute approximate surface area is 157 Å². The molecule has 1 amide bonds. The summed E-state index contributed by atoms with van der Waals surface area (Å²) >= 11 is 6.29. The standard InChI is InChI=1S/C22H17ClN2O/c1-15-10-12-17(13-11-15)24-21-18-7-3-5-9-20(18)25(22(21)26)14-16-6-2-4-8-19(16)23/h2-13H,14H2,1H3. The van der Waals surface area contributed by atoms with Crippen LogP contribution in [0.15, 0.2) is 77.8 Å². The van der Waals surface area contributed by atoms with Gasteiger partial charge in [0.25, 0.3) is 5.91 Å². The summed E-state index contributed by atoms with van der Waals surface area (Å²) in [5, 5.41) is 0.654. The number of aryl methyl sites for hydroxylation is 1. The highest BCUT2D eigenvalue weighted by Gasteiger charge is 2.33. The molecular weight excluding hydrogens is 344 g/mol. The second-order valence-electron chi connectivity index (χ2n) is 6.30. The van der Waals surface area contributed by atoms with Crippen LogP contribution in [-0.4, -0.2) is 11.6 Å². The predicted octanol–water partition coefficient (Wildman–Crippen LogP) is 5.32. The van der Waals surface area contributed by atoms with Gasteiger partial charge < -0.3 is 4.90 Å². The zero-order chi connectivity index (χ0) is 18.1. The maximum atomic E-state index is 13.1. The Hall–Kier alpha value is -2.91. The number of fused-ring (bicyclic) bond motifs is 1. The summed E-state index contributed by atoms with van der Waals surface area (Å²) in [5.41, 5.74) is 5.03. The number of hydrogen-bond donors (Lipinski definition) is 0. The minimum Gasteiger partial charge on any atom is -0.302 e. The SMILES string of the molecule is Cc1ccc(N=C2C(=O)N(Cc3ccccc3Cl)c3ccccc32)cc1. The lowest BCUT2D eigenvalue weighted by atomic mass is 10.1. The molecule has 3 aromatic carbocycles. The molecule has 0 aliphatic carbocycles. The van der Waals surface area contributed by atoms with Crippen molar-refractivity contribution in [1.29, 1.82) is 0 Å². The maximum Gasteiger partial charge on any atom is 0.277 e. The van der Waals surface area contributed by atoms with Crippen LogP contribution >= 0.6 is 11.6 Å². The van der Waals surface area contributed by atoms with E-state index in [-0.39, 0.29) is 5.91 Å². The molecule has 0 unspecified atom stereocenters.